The van der Waals surface area contributed by atoms with Crippen molar-refractivity contribution < 1.29 is 151 Å². The molecular formula is C27H8F30O4. The third-order valence-electron chi connectivity index (χ3n) is 11.5. The monoisotopic (exact) mass is 966 g/mol. The summed E-state index contributed by atoms with van der Waals surface area (Å²) >= 11 is 0. The molecule has 0 aromatic rings. The largest absolute Gasteiger partial charge is 0.436 e. The van der Waals surface area contributed by atoms with Gasteiger partial charge in [-0.15, -0.1) is 0 Å². The number of hydrogen-bond donors (Lipinski definition) is 0. The van der Waals surface area contributed by atoms with E-state index in [0.29, 0.717) is 6.92 Å². The third-order valence-corrected chi connectivity index (χ3v) is 11.5. The molecule has 4 nitrogen and oxygen atoms in total. The number of carbonyl (C=O) groups excluding carboxylic acids is 2. The van der Waals surface area contributed by atoms with Gasteiger partial charge in [0.05, 0.1) is 0 Å². The van der Waals surface area contributed by atoms with Gasteiger partial charge < -0.3 is 9.47 Å². The molecule has 0 radical (unpaired) electrons. The fourth-order valence-corrected chi connectivity index (χ4v) is 8.41. The molecule has 34 heteroatoms. The average Bonchev–Trinajstić information content (AvgIpc) is 3.08. The van der Waals surface area contributed by atoms with Crippen LogP contribution in [-0.2, 0) is 19.1 Å². The summed E-state index contributed by atoms with van der Waals surface area (Å²) in [5, 5.41) is 0. The van der Waals surface area contributed by atoms with Crippen molar-refractivity contribution in [2.75, 3.05) is 0 Å². The second kappa shape index (κ2) is 10.5. The van der Waals surface area contributed by atoms with E-state index in [1.54, 1.807) is 0 Å². The SMILES string of the molecule is C=C(C)C(=O)OC12C(F)(F)C3(F)C(F)(F)C(F)(C(F)(F)C(F)(C3(F)F)C1(F)F)C2(F)F.C=CC(=O)OC12C(F)(F)C3(F)C(F)(F)C(F)(C(F)(F)C(F)(C3(F)F)C1(F)F)C2(F)F. The van der Waals surface area contributed by atoms with Gasteiger partial charge in [0.2, 0.25) is 0 Å². The Hall–Kier alpha value is -3.68. The van der Waals surface area contributed by atoms with Gasteiger partial charge >= 0.3 is 128 Å². The first-order chi connectivity index (χ1) is 26.3. The van der Waals surface area contributed by atoms with Crippen LogP contribution in [0.25, 0.3) is 0 Å². The molecule has 0 unspecified atom stereocenters. The molecule has 0 aromatic carbocycles. The molecule has 0 saturated heterocycles. The lowest BCUT2D eigenvalue weighted by Gasteiger charge is -2.74. The molecule has 8 aliphatic rings. The first kappa shape index (κ1) is 48.4. The first-order valence-corrected chi connectivity index (χ1v) is 14.7. The van der Waals surface area contributed by atoms with Crippen molar-refractivity contribution in [2.45, 2.75) is 123 Å². The number of carbonyl (C=O) groups is 2. The molecule has 0 amide bonds. The zero-order chi connectivity index (χ0) is 48.9. The Morgan fingerprint density at radius 3 is 0.656 bits per heavy atom. The summed E-state index contributed by atoms with van der Waals surface area (Å²) in [5.74, 6) is -99.9. The van der Waals surface area contributed by atoms with Crippen molar-refractivity contribution in [3.05, 3.63) is 24.8 Å². The van der Waals surface area contributed by atoms with Crippen molar-refractivity contribution >= 4 is 11.9 Å². The van der Waals surface area contributed by atoms with Crippen LogP contribution < -0.4 is 0 Å². The topological polar surface area (TPSA) is 52.6 Å². The highest BCUT2D eigenvalue weighted by Gasteiger charge is 3.26. The van der Waals surface area contributed by atoms with Crippen molar-refractivity contribution in [3.8, 4) is 0 Å². The zero-order valence-electron chi connectivity index (χ0n) is 27.5. The molecular weight excluding hydrogens is 958 g/mol. The molecule has 8 fully saturated rings. The number of rotatable bonds is 4. The van der Waals surface area contributed by atoms with E-state index in [-0.39, 0.29) is 0 Å². The molecule has 0 spiro atoms. The lowest BCUT2D eigenvalue weighted by molar-refractivity contribution is -0.615. The fraction of sp³-hybridized carbons (Fsp3) is 0.778. The highest BCUT2D eigenvalue weighted by molar-refractivity contribution is 5.88. The van der Waals surface area contributed by atoms with E-state index >= 15 is 0 Å². The summed E-state index contributed by atoms with van der Waals surface area (Å²) < 4.78 is 436. The summed E-state index contributed by atoms with van der Waals surface area (Å²) in [7, 11) is 0. The minimum absolute atomic E-state index is 0.316. The summed E-state index contributed by atoms with van der Waals surface area (Å²) in [6.07, 6.45) is -0.573. The maximum atomic E-state index is 14.7. The Labute approximate surface area is 311 Å². The lowest BCUT2D eigenvalue weighted by atomic mass is 9.40. The van der Waals surface area contributed by atoms with Gasteiger partial charge in [-0.3, -0.25) is 0 Å². The maximum absolute atomic E-state index is 14.7. The van der Waals surface area contributed by atoms with Crippen molar-refractivity contribution in [1.29, 1.82) is 0 Å². The smallest absolute Gasteiger partial charge is 0.345 e. The van der Waals surface area contributed by atoms with E-state index in [2.05, 4.69) is 22.6 Å². The summed E-state index contributed by atoms with van der Waals surface area (Å²) in [5.41, 5.74) is -62.6. The van der Waals surface area contributed by atoms with Crippen LogP contribution in [0.5, 0.6) is 0 Å². The van der Waals surface area contributed by atoms with Gasteiger partial charge in [0.1, 0.15) is 0 Å². The number of alkyl halides is 30. The predicted molar refractivity (Wildman–Crippen MR) is 125 cm³/mol. The van der Waals surface area contributed by atoms with Crippen LogP contribution in [0.15, 0.2) is 24.8 Å². The van der Waals surface area contributed by atoms with Gasteiger partial charge in [0.15, 0.2) is 0 Å². The maximum Gasteiger partial charge on any atom is 0.345 e. The van der Waals surface area contributed by atoms with Crippen molar-refractivity contribution in [2.24, 2.45) is 0 Å². The highest BCUT2D eigenvalue weighted by Crippen LogP contribution is 2.91. The second-order valence-electron chi connectivity index (χ2n) is 14.0. The van der Waals surface area contributed by atoms with Crippen molar-refractivity contribution in [3.63, 3.8) is 0 Å². The van der Waals surface area contributed by atoms with Gasteiger partial charge in [-0.2, -0.15) is 105 Å². The second-order valence-corrected chi connectivity index (χ2v) is 14.0. The van der Waals surface area contributed by atoms with Gasteiger partial charge in [-0.05, 0) is 6.92 Å². The van der Waals surface area contributed by atoms with Gasteiger partial charge in [-0.1, -0.05) is 13.2 Å². The summed E-state index contributed by atoms with van der Waals surface area (Å²) in [4.78, 5) is 22.5. The lowest BCUT2D eigenvalue weighted by Crippen LogP contribution is -3.10. The Bertz CT molecular complexity index is 1830. The molecule has 0 heterocycles. The number of esters is 2. The van der Waals surface area contributed by atoms with E-state index in [0.717, 1.165) is 0 Å². The summed E-state index contributed by atoms with van der Waals surface area (Å²) in [6.45, 7) is 5.12. The molecule has 8 bridgehead atoms. The Morgan fingerprint density at radius 2 is 0.508 bits per heavy atom. The molecule has 0 atom stereocenters. The fourth-order valence-electron chi connectivity index (χ4n) is 8.41. The highest BCUT2D eigenvalue weighted by atomic mass is 19.4. The number of ether oxygens (including phenoxy) is 2. The molecule has 0 aliphatic heterocycles. The molecule has 8 saturated carbocycles. The van der Waals surface area contributed by atoms with E-state index in [9.17, 15) is 141 Å². The minimum Gasteiger partial charge on any atom is -0.436 e. The molecule has 0 aromatic heterocycles. The van der Waals surface area contributed by atoms with Gasteiger partial charge in [0, 0.05) is 11.6 Å². The minimum atomic E-state index is -7.91. The Kier molecular flexibility index (Phi) is 8.30. The van der Waals surface area contributed by atoms with E-state index < -0.39 is 140 Å². The number of halogens is 30. The first-order valence-electron chi connectivity index (χ1n) is 14.7. The molecule has 8 aliphatic carbocycles. The third kappa shape index (κ3) is 3.19. The number of hydrogen-bond acceptors (Lipinski definition) is 4. The van der Waals surface area contributed by atoms with E-state index in [1.165, 1.54) is 0 Å². The Morgan fingerprint density at radius 1 is 0.344 bits per heavy atom. The molecule has 350 valence electrons. The zero-order valence-corrected chi connectivity index (χ0v) is 27.5. The normalized spacial score (nSPS) is 47.0. The standard InChI is InChI=1S/C14H5F15O2.C13H3F15O2/c1-3(2)4(30)31-8-12(24,25)5(15)9(18,19)6(16,13(8,26)27)11(22,23)7(17,10(5,20)21)14(8,28)29;1-2-3(29)30-7-11(23,24)4(14)8(17,18)5(15,12(7,25)26)10(21,22)6(16,9(4,19)20)13(7,27)28/h1H2,2H3;2H,1H2. The summed E-state index contributed by atoms with van der Waals surface area (Å²) in [6, 6.07) is 0. The molecule has 8 rings (SSSR count). The predicted octanol–water partition coefficient (Wildman–Crippen LogP) is 9.25. The van der Waals surface area contributed by atoms with Crippen LogP contribution in [0.1, 0.15) is 6.92 Å². The Balaban J connectivity index is 0.000000231. The quantitative estimate of drug-likeness (QED) is 0.160. The van der Waals surface area contributed by atoms with Crippen LogP contribution in [0.3, 0.4) is 0 Å². The van der Waals surface area contributed by atoms with Gasteiger partial charge in [0.25, 0.3) is 0 Å². The molecule has 61 heavy (non-hydrogen) atoms. The van der Waals surface area contributed by atoms with Crippen LogP contribution >= 0.6 is 0 Å². The van der Waals surface area contributed by atoms with E-state index in [1.807, 2.05) is 0 Å². The molecule has 0 N–H and O–H groups in total. The average molecular weight is 966 g/mol. The van der Waals surface area contributed by atoms with Crippen LogP contribution in [-0.4, -0.2) is 128 Å². The van der Waals surface area contributed by atoms with Crippen LogP contribution in [0.2, 0.25) is 0 Å². The van der Waals surface area contributed by atoms with Crippen LogP contribution in [0, 0.1) is 0 Å². The van der Waals surface area contributed by atoms with E-state index in [4.69, 9.17) is 0 Å². The van der Waals surface area contributed by atoms with Crippen molar-refractivity contribution in [1.82, 2.24) is 0 Å². The van der Waals surface area contributed by atoms with Crippen LogP contribution in [0.4, 0.5) is 132 Å². The van der Waals surface area contributed by atoms with Gasteiger partial charge in [-0.25, -0.2) is 35.9 Å².